The third-order valence-corrected chi connectivity index (χ3v) is 4.78. The van der Waals surface area contributed by atoms with E-state index in [1.165, 1.54) is 24.7 Å². The van der Waals surface area contributed by atoms with Crippen LogP contribution in [0.2, 0.25) is 0 Å². The largest absolute Gasteiger partial charge is 0.403 e. The van der Waals surface area contributed by atoms with Gasteiger partial charge in [-0.25, -0.2) is 0 Å². The van der Waals surface area contributed by atoms with E-state index in [-0.39, 0.29) is 37.1 Å². The Morgan fingerprint density at radius 1 is 1.26 bits per heavy atom. The van der Waals surface area contributed by atoms with E-state index in [9.17, 15) is 18.3 Å². The van der Waals surface area contributed by atoms with Gasteiger partial charge in [0.25, 0.3) is 0 Å². The van der Waals surface area contributed by atoms with Crippen molar-refractivity contribution in [3.63, 3.8) is 0 Å². The van der Waals surface area contributed by atoms with E-state index in [1.54, 1.807) is 0 Å². The van der Waals surface area contributed by atoms with Crippen molar-refractivity contribution in [1.82, 2.24) is 15.1 Å². The second-order valence-corrected chi connectivity index (χ2v) is 7.07. The molecule has 1 aliphatic carbocycles. The van der Waals surface area contributed by atoms with E-state index >= 15 is 0 Å². The van der Waals surface area contributed by atoms with Crippen molar-refractivity contribution in [2.45, 2.75) is 45.0 Å². The predicted octanol–water partition coefficient (Wildman–Crippen LogP) is 1.93. The van der Waals surface area contributed by atoms with Gasteiger partial charge in [0, 0.05) is 39.3 Å². The molecule has 2 fully saturated rings. The first-order valence-electron chi connectivity index (χ1n) is 9.41. The van der Waals surface area contributed by atoms with Gasteiger partial charge >= 0.3 is 6.18 Å². The molecule has 2 unspecified atom stereocenters. The average molecular weight is 508 g/mol. The van der Waals surface area contributed by atoms with Crippen LogP contribution in [0.1, 0.15) is 26.7 Å². The number of aliphatic imine (C=N–C) groups is 1. The molecule has 1 saturated heterocycles. The van der Waals surface area contributed by atoms with Crippen LogP contribution >= 0.6 is 24.0 Å². The Morgan fingerprint density at radius 2 is 1.89 bits per heavy atom. The summed E-state index contributed by atoms with van der Waals surface area (Å²) in [6, 6.07) is -1.44. The second kappa shape index (κ2) is 11.6. The molecule has 0 amide bonds. The van der Waals surface area contributed by atoms with Crippen LogP contribution in [0.4, 0.5) is 13.2 Å². The fourth-order valence-corrected chi connectivity index (χ4v) is 2.85. The summed E-state index contributed by atoms with van der Waals surface area (Å²) in [7, 11) is 0. The van der Waals surface area contributed by atoms with Gasteiger partial charge < -0.3 is 20.1 Å². The third kappa shape index (κ3) is 8.70. The molecule has 10 heteroatoms. The van der Waals surface area contributed by atoms with Crippen LogP contribution in [0.5, 0.6) is 0 Å². The highest BCUT2D eigenvalue weighted by atomic mass is 127. The van der Waals surface area contributed by atoms with E-state index in [0.717, 1.165) is 0 Å². The molecule has 1 aliphatic heterocycles. The SMILES string of the molecule is CCNC(=NCC(O)COCC1CC1)N1CCN(C(C)C(F)(F)F)CC1.I. The number of hydrogen-bond donors (Lipinski definition) is 2. The molecule has 2 atom stereocenters. The molecule has 27 heavy (non-hydrogen) atoms. The van der Waals surface area contributed by atoms with Gasteiger partial charge in [0.2, 0.25) is 0 Å². The lowest BCUT2D eigenvalue weighted by molar-refractivity contribution is -0.181. The van der Waals surface area contributed by atoms with E-state index in [4.69, 9.17) is 4.74 Å². The van der Waals surface area contributed by atoms with Gasteiger partial charge in [0.15, 0.2) is 5.96 Å². The Labute approximate surface area is 176 Å². The van der Waals surface area contributed by atoms with Crippen molar-refractivity contribution in [3.8, 4) is 0 Å². The maximum Gasteiger partial charge on any atom is 0.403 e. The number of rotatable bonds is 8. The standard InChI is InChI=1S/C17H31F3N4O2.HI/c1-3-21-16(22-10-15(25)12-26-11-14-4-5-14)24-8-6-23(7-9-24)13(2)17(18,19)20;/h13-15,25H,3-12H2,1-2H3,(H,21,22);1H. The lowest BCUT2D eigenvalue weighted by atomic mass is 10.2. The van der Waals surface area contributed by atoms with Crippen LogP contribution in [0.15, 0.2) is 4.99 Å². The van der Waals surface area contributed by atoms with Crippen LogP contribution in [-0.2, 0) is 4.74 Å². The maximum atomic E-state index is 12.8. The first kappa shape index (κ1) is 24.7. The number of aliphatic hydroxyl groups excluding tert-OH is 1. The highest BCUT2D eigenvalue weighted by Gasteiger charge is 2.41. The van der Waals surface area contributed by atoms with Crippen molar-refractivity contribution in [1.29, 1.82) is 0 Å². The molecule has 6 nitrogen and oxygen atoms in total. The Balaban J connectivity index is 0.00000364. The Morgan fingerprint density at radius 3 is 2.41 bits per heavy atom. The summed E-state index contributed by atoms with van der Waals surface area (Å²) in [5, 5.41) is 13.1. The molecule has 2 aliphatic rings. The number of nitrogens with one attached hydrogen (secondary N) is 1. The van der Waals surface area contributed by atoms with Crippen LogP contribution in [0, 0.1) is 5.92 Å². The van der Waals surface area contributed by atoms with E-state index in [0.29, 0.717) is 51.2 Å². The Hall–Kier alpha value is -0.330. The lowest BCUT2D eigenvalue weighted by Crippen LogP contribution is -2.56. The minimum atomic E-state index is -4.20. The highest BCUT2D eigenvalue weighted by molar-refractivity contribution is 14.0. The summed E-state index contributed by atoms with van der Waals surface area (Å²) in [6.45, 7) is 6.58. The zero-order valence-electron chi connectivity index (χ0n) is 16.0. The molecular formula is C17H32F3IN4O2. The third-order valence-electron chi connectivity index (χ3n) is 4.78. The molecule has 1 saturated carbocycles. The number of alkyl halides is 3. The number of guanidine groups is 1. The monoisotopic (exact) mass is 508 g/mol. The summed E-state index contributed by atoms with van der Waals surface area (Å²) in [4.78, 5) is 7.82. The number of hydrogen-bond acceptors (Lipinski definition) is 4. The fourth-order valence-electron chi connectivity index (χ4n) is 2.85. The number of aliphatic hydroxyl groups is 1. The number of halogens is 4. The normalized spacial score (nSPS) is 21.6. The zero-order valence-corrected chi connectivity index (χ0v) is 18.4. The van der Waals surface area contributed by atoms with Crippen molar-refractivity contribution in [2.24, 2.45) is 10.9 Å². The van der Waals surface area contributed by atoms with Gasteiger partial charge in [0.05, 0.1) is 19.3 Å². The molecule has 2 N–H and O–H groups in total. The van der Waals surface area contributed by atoms with Crippen molar-refractivity contribution < 1.29 is 23.0 Å². The maximum absolute atomic E-state index is 12.8. The van der Waals surface area contributed by atoms with Gasteiger partial charge in [-0.2, -0.15) is 13.2 Å². The van der Waals surface area contributed by atoms with Crippen molar-refractivity contribution >= 4 is 29.9 Å². The Kier molecular flexibility index (Phi) is 10.6. The van der Waals surface area contributed by atoms with Crippen LogP contribution in [-0.4, -0.2) is 91.7 Å². The molecule has 0 aromatic heterocycles. The summed E-state index contributed by atoms with van der Waals surface area (Å²) in [5.74, 6) is 1.28. The van der Waals surface area contributed by atoms with Gasteiger partial charge in [-0.05, 0) is 32.6 Å². The smallest absolute Gasteiger partial charge is 0.389 e. The number of nitrogens with zero attached hydrogens (tertiary/aromatic N) is 3. The van der Waals surface area contributed by atoms with E-state index in [1.807, 2.05) is 11.8 Å². The minimum absolute atomic E-state index is 0. The highest BCUT2D eigenvalue weighted by Crippen LogP contribution is 2.28. The van der Waals surface area contributed by atoms with Crippen molar-refractivity contribution in [3.05, 3.63) is 0 Å². The van der Waals surface area contributed by atoms with Gasteiger partial charge in [0.1, 0.15) is 6.04 Å². The van der Waals surface area contributed by atoms with Gasteiger partial charge in [-0.3, -0.25) is 9.89 Å². The van der Waals surface area contributed by atoms with Crippen LogP contribution < -0.4 is 5.32 Å². The summed E-state index contributed by atoms with van der Waals surface area (Å²) in [6.07, 6.45) is -2.46. The molecule has 2 rings (SSSR count). The molecule has 1 heterocycles. The topological polar surface area (TPSA) is 60.3 Å². The number of ether oxygens (including phenoxy) is 1. The molecule has 0 spiro atoms. The minimum Gasteiger partial charge on any atom is -0.389 e. The van der Waals surface area contributed by atoms with Crippen LogP contribution in [0.3, 0.4) is 0 Å². The fraction of sp³-hybridized carbons (Fsp3) is 0.941. The Bertz CT molecular complexity index is 456. The summed E-state index contributed by atoms with van der Waals surface area (Å²) >= 11 is 0. The second-order valence-electron chi connectivity index (χ2n) is 7.07. The lowest BCUT2D eigenvalue weighted by Gasteiger charge is -2.39. The van der Waals surface area contributed by atoms with Crippen LogP contribution in [0.25, 0.3) is 0 Å². The zero-order chi connectivity index (χ0) is 19.2. The quantitative estimate of drug-likeness (QED) is 0.298. The average Bonchev–Trinajstić information content (AvgIpc) is 3.41. The molecule has 0 aromatic carbocycles. The van der Waals surface area contributed by atoms with Crippen molar-refractivity contribution in [2.75, 3.05) is 52.5 Å². The summed E-state index contributed by atoms with van der Waals surface area (Å²) in [5.41, 5.74) is 0. The van der Waals surface area contributed by atoms with E-state index in [2.05, 4.69) is 10.3 Å². The van der Waals surface area contributed by atoms with Gasteiger partial charge in [-0.1, -0.05) is 0 Å². The predicted molar refractivity (Wildman–Crippen MR) is 110 cm³/mol. The van der Waals surface area contributed by atoms with Gasteiger partial charge in [-0.15, -0.1) is 24.0 Å². The van der Waals surface area contributed by atoms with E-state index < -0.39 is 18.3 Å². The first-order chi connectivity index (χ1) is 12.3. The molecule has 0 aromatic rings. The number of piperazine rings is 1. The molecule has 0 radical (unpaired) electrons. The first-order valence-corrected chi connectivity index (χ1v) is 9.41. The molecule has 160 valence electrons. The molecular weight excluding hydrogens is 476 g/mol. The summed E-state index contributed by atoms with van der Waals surface area (Å²) < 4.78 is 44.0. The molecule has 0 bridgehead atoms.